The highest BCUT2D eigenvalue weighted by Gasteiger charge is 2.73. The van der Waals surface area contributed by atoms with Crippen LogP contribution in [-0.4, -0.2) is 58.2 Å². The maximum Gasteiger partial charge on any atom is 0.475 e. The van der Waals surface area contributed by atoms with E-state index in [9.17, 15) is 62.5 Å². The van der Waals surface area contributed by atoms with Crippen LogP contribution < -0.4 is 5.32 Å². The second kappa shape index (κ2) is 12.4. The summed E-state index contributed by atoms with van der Waals surface area (Å²) >= 11 is 0.872. The summed E-state index contributed by atoms with van der Waals surface area (Å²) in [6.45, 7) is 1.65. The average molecular weight is 752 g/mol. The molecule has 0 heterocycles. The van der Waals surface area contributed by atoms with Gasteiger partial charge in [0.25, 0.3) is 11.8 Å². The van der Waals surface area contributed by atoms with Crippen LogP contribution in [0.15, 0.2) is 35.2 Å². The number of benzene rings is 2. The number of hydrogen-bond acceptors (Lipinski definition) is 4. The van der Waals surface area contributed by atoms with Crippen molar-refractivity contribution in [1.82, 2.24) is 4.90 Å². The summed E-state index contributed by atoms with van der Waals surface area (Å²) in [5.74, 6) is -5.20. The Bertz CT molecular complexity index is 1410. The largest absolute Gasteiger partial charge is 0.475 e. The Kier molecular flexibility index (Phi) is 10.4. The molecule has 1 N–H and O–H groups in total. The molecule has 0 saturated carbocycles. The number of halogens is 12. The number of Topliss-reactive ketones (excluding diaryl/α,β-unsaturated/α-hetero) is 1. The van der Waals surface area contributed by atoms with Crippen molar-refractivity contribution in [3.63, 3.8) is 0 Å². The van der Waals surface area contributed by atoms with E-state index in [-0.39, 0.29) is 12.6 Å². The Morgan fingerprint density at radius 2 is 1.50 bits per heavy atom. The molecule has 0 saturated heterocycles. The molecule has 2 rings (SSSR count). The lowest BCUT2D eigenvalue weighted by atomic mass is 9.94. The zero-order chi connectivity index (χ0) is 32.6. The molecule has 0 aliphatic carbocycles. The average Bonchev–Trinajstić information content (AvgIpc) is 2.86. The maximum atomic E-state index is 15.1. The van der Waals surface area contributed by atoms with E-state index in [0.717, 1.165) is 45.7 Å². The van der Waals surface area contributed by atoms with Gasteiger partial charge in [0, 0.05) is 29.1 Å². The number of rotatable bonds is 8. The van der Waals surface area contributed by atoms with Gasteiger partial charge in [-0.25, -0.2) is 13.0 Å². The molecule has 0 radical (unpaired) electrons. The van der Waals surface area contributed by atoms with Crippen LogP contribution in [0.5, 0.6) is 0 Å². The molecule has 1 atom stereocenters. The monoisotopic (exact) mass is 752 g/mol. The van der Waals surface area contributed by atoms with Crippen LogP contribution in [0.2, 0.25) is 0 Å². The Morgan fingerprint density at radius 1 is 0.952 bits per heavy atom. The van der Waals surface area contributed by atoms with Gasteiger partial charge in [-0.1, -0.05) is 12.1 Å². The molecule has 2 aromatic carbocycles. The Morgan fingerprint density at radius 3 is 1.98 bits per heavy atom. The minimum atomic E-state index is -6.73. The zero-order valence-corrected chi connectivity index (χ0v) is 23.8. The first kappa shape index (κ1) is 35.4. The lowest BCUT2D eigenvalue weighted by Gasteiger charge is -2.31. The molecular formula is C23H16F11IN2O4S. The first-order chi connectivity index (χ1) is 19.0. The molecule has 2 aromatic rings. The highest BCUT2D eigenvalue weighted by molar-refractivity contribution is 14.1. The molecule has 0 spiro atoms. The predicted octanol–water partition coefficient (Wildman–Crippen LogP) is 6.19. The highest BCUT2D eigenvalue weighted by Crippen LogP contribution is 2.54. The lowest BCUT2D eigenvalue weighted by Crippen LogP contribution is -2.50. The fourth-order valence-corrected chi connectivity index (χ4v) is 5.11. The maximum absolute atomic E-state index is 15.1. The fourth-order valence-electron chi connectivity index (χ4n) is 3.34. The molecule has 232 valence electrons. The number of ketones is 1. The van der Waals surface area contributed by atoms with Gasteiger partial charge in [-0.3, -0.25) is 14.4 Å². The third kappa shape index (κ3) is 7.03. The van der Waals surface area contributed by atoms with Crippen molar-refractivity contribution in [2.45, 2.75) is 41.8 Å². The minimum Gasteiger partial charge on any atom is -0.339 e. The first-order valence-corrected chi connectivity index (χ1v) is 13.2. The van der Waals surface area contributed by atoms with Crippen molar-refractivity contribution in [1.29, 1.82) is 0 Å². The van der Waals surface area contributed by atoms with Crippen LogP contribution in [0.3, 0.4) is 0 Å². The SMILES string of the molecule is CCN(C)C(=O)C(=O)Cc1cccc(C(=O)Nc2c(I)cc(C(F)(C(F)(F)F)C(F)(F)F)cc2S(=O)C(F)(F)F)c1F. The van der Waals surface area contributed by atoms with E-state index in [1.165, 1.54) is 14.0 Å². The lowest BCUT2D eigenvalue weighted by molar-refractivity contribution is -0.348. The predicted molar refractivity (Wildman–Crippen MR) is 133 cm³/mol. The molecule has 6 nitrogen and oxygen atoms in total. The van der Waals surface area contributed by atoms with Gasteiger partial charge in [0.1, 0.15) is 5.82 Å². The Hall–Kier alpha value is -2.84. The number of amides is 2. The van der Waals surface area contributed by atoms with Crippen molar-refractivity contribution in [3.05, 3.63) is 56.4 Å². The summed E-state index contributed by atoms with van der Waals surface area (Å²) in [4.78, 5) is 36.0. The van der Waals surface area contributed by atoms with Crippen molar-refractivity contribution in [3.8, 4) is 0 Å². The van der Waals surface area contributed by atoms with E-state index < -0.39 is 101 Å². The second-order valence-electron chi connectivity index (χ2n) is 8.35. The molecular weight excluding hydrogens is 736 g/mol. The van der Waals surface area contributed by atoms with Crippen LogP contribution in [0, 0.1) is 9.39 Å². The van der Waals surface area contributed by atoms with E-state index in [4.69, 9.17) is 0 Å². The summed E-state index contributed by atoms with van der Waals surface area (Å²) in [6, 6.07) is 1.96. The van der Waals surface area contributed by atoms with Crippen LogP contribution in [0.25, 0.3) is 0 Å². The molecule has 0 aromatic heterocycles. The summed E-state index contributed by atoms with van der Waals surface area (Å²) in [5.41, 5.74) is -17.2. The first-order valence-electron chi connectivity index (χ1n) is 11.0. The van der Waals surface area contributed by atoms with Crippen molar-refractivity contribution in [2.75, 3.05) is 18.9 Å². The van der Waals surface area contributed by atoms with Gasteiger partial charge in [-0.15, -0.1) is 0 Å². The number of anilines is 1. The van der Waals surface area contributed by atoms with Crippen molar-refractivity contribution < 1.29 is 66.9 Å². The number of nitrogens with zero attached hydrogens (tertiary/aromatic N) is 1. The van der Waals surface area contributed by atoms with Gasteiger partial charge < -0.3 is 10.2 Å². The third-order valence-electron chi connectivity index (χ3n) is 5.62. The quantitative estimate of drug-likeness (QED) is 0.198. The van der Waals surface area contributed by atoms with E-state index in [1.54, 1.807) is 5.32 Å². The number of nitrogens with one attached hydrogen (secondary N) is 1. The molecule has 2 amide bonds. The standard InChI is InChI=1S/C23H16F11IN2O4S/c1-3-37(2)19(40)14(38)7-10-5-4-6-12(16(10)24)18(39)36-17-13(35)8-11(9-15(17)42(41)23(32,33)34)20(25,21(26,27)28)22(29,30)31/h4-6,8-9H,3,7H2,1-2H3,(H,36,39). The molecule has 0 aliphatic rings. The van der Waals surface area contributed by atoms with Gasteiger partial charge in [-0.2, -0.15) is 39.5 Å². The van der Waals surface area contributed by atoms with Crippen LogP contribution in [-0.2, 0) is 32.5 Å². The number of hydrogen-bond donors (Lipinski definition) is 1. The van der Waals surface area contributed by atoms with E-state index in [1.807, 2.05) is 0 Å². The van der Waals surface area contributed by atoms with Crippen LogP contribution in [0.1, 0.15) is 28.4 Å². The van der Waals surface area contributed by atoms with Crippen molar-refractivity contribution in [2.24, 2.45) is 0 Å². The summed E-state index contributed by atoms with van der Waals surface area (Å²) in [5, 5.41) is 1.65. The fraction of sp³-hybridized carbons (Fsp3) is 0.348. The Balaban J connectivity index is 2.66. The van der Waals surface area contributed by atoms with Gasteiger partial charge >= 0.3 is 23.5 Å². The summed E-state index contributed by atoms with van der Waals surface area (Å²) in [7, 11) is -3.15. The molecule has 0 fully saturated rings. The van der Waals surface area contributed by atoms with Crippen molar-refractivity contribution >= 4 is 56.7 Å². The number of carbonyl (C=O) groups is 3. The number of carbonyl (C=O) groups excluding carboxylic acids is 3. The van der Waals surface area contributed by atoms with Gasteiger partial charge in [0.2, 0.25) is 5.78 Å². The molecule has 1 unspecified atom stereocenters. The van der Waals surface area contributed by atoms with Crippen LogP contribution >= 0.6 is 22.6 Å². The van der Waals surface area contributed by atoms with Gasteiger partial charge in [-0.05, 0) is 53.3 Å². The summed E-state index contributed by atoms with van der Waals surface area (Å²) < 4.78 is 160. The van der Waals surface area contributed by atoms with Gasteiger partial charge in [0.05, 0.1) is 16.1 Å². The van der Waals surface area contributed by atoms with E-state index >= 15 is 4.39 Å². The second-order valence-corrected chi connectivity index (χ2v) is 11.0. The number of alkyl halides is 10. The number of likely N-dealkylation sites (N-methyl/N-ethyl adjacent to an activating group) is 1. The molecule has 42 heavy (non-hydrogen) atoms. The smallest absolute Gasteiger partial charge is 0.339 e. The van der Waals surface area contributed by atoms with E-state index in [2.05, 4.69) is 0 Å². The Labute approximate surface area is 245 Å². The highest BCUT2D eigenvalue weighted by atomic mass is 127. The van der Waals surface area contributed by atoms with Crippen LogP contribution in [0.4, 0.5) is 54.0 Å². The van der Waals surface area contributed by atoms with Gasteiger partial charge in [0.15, 0.2) is 10.8 Å². The minimum absolute atomic E-state index is 0.115. The van der Waals surface area contributed by atoms with E-state index in [0.29, 0.717) is 0 Å². The zero-order valence-electron chi connectivity index (χ0n) is 20.8. The molecule has 0 aliphatic heterocycles. The topological polar surface area (TPSA) is 83.6 Å². The normalized spacial score (nSPS) is 13.5. The third-order valence-corrected chi connectivity index (χ3v) is 7.61. The summed E-state index contributed by atoms with van der Waals surface area (Å²) in [6.07, 6.45) is -14.3. The molecule has 19 heteroatoms. The molecule has 0 bridgehead atoms.